The number of hydrogen-bond acceptors (Lipinski definition) is 7. The van der Waals surface area contributed by atoms with Crippen molar-refractivity contribution in [3.8, 4) is 11.8 Å². The van der Waals surface area contributed by atoms with Gasteiger partial charge >= 0.3 is 5.97 Å². The van der Waals surface area contributed by atoms with Crippen molar-refractivity contribution in [2.24, 2.45) is 5.41 Å². The van der Waals surface area contributed by atoms with E-state index in [9.17, 15) is 14.9 Å². The van der Waals surface area contributed by atoms with Crippen LogP contribution in [0.1, 0.15) is 27.4 Å². The molecule has 0 saturated carbocycles. The molecule has 7 nitrogen and oxygen atoms in total. The third kappa shape index (κ3) is 4.09. The molecule has 0 amide bonds. The molecule has 0 radical (unpaired) electrons. The summed E-state index contributed by atoms with van der Waals surface area (Å²) in [5, 5.41) is 10.8. The van der Waals surface area contributed by atoms with Crippen molar-refractivity contribution < 1.29 is 19.1 Å². The van der Waals surface area contributed by atoms with Crippen molar-refractivity contribution in [3.05, 3.63) is 94.0 Å². The normalized spacial score (nSPS) is 22.9. The number of ether oxygens (including phenoxy) is 2. The number of halogens is 1. The first-order chi connectivity index (χ1) is 18.8. The predicted octanol–water partition coefficient (Wildman–Crippen LogP) is 5.46. The van der Waals surface area contributed by atoms with Crippen molar-refractivity contribution in [3.63, 3.8) is 0 Å². The molecule has 0 spiro atoms. The topological polar surface area (TPSA) is 82.9 Å². The van der Waals surface area contributed by atoms with Crippen LogP contribution < -0.4 is 14.5 Å². The maximum atomic E-state index is 14.5. The quantitative estimate of drug-likeness (QED) is 0.280. The molecule has 1 fully saturated rings. The van der Waals surface area contributed by atoms with Crippen LogP contribution in [-0.4, -0.2) is 52.2 Å². The van der Waals surface area contributed by atoms with Crippen LogP contribution in [-0.2, 0) is 9.53 Å². The number of benzene rings is 3. The molecule has 0 aromatic heterocycles. The Kier molecular flexibility index (Phi) is 6.96. The molecule has 0 N–H and O–H groups in total. The van der Waals surface area contributed by atoms with Gasteiger partial charge in [-0.15, -0.1) is 0 Å². The minimum atomic E-state index is -1.68. The van der Waals surface area contributed by atoms with Gasteiger partial charge in [-0.05, 0) is 63.5 Å². The van der Waals surface area contributed by atoms with Gasteiger partial charge in [0, 0.05) is 37.0 Å². The Bertz CT molecular complexity index is 1510. The fourth-order valence-electron chi connectivity index (χ4n) is 5.88. The smallest absolute Gasteiger partial charge is 0.329 e. The van der Waals surface area contributed by atoms with Crippen LogP contribution in [0.2, 0.25) is 0 Å². The molecule has 1 saturated heterocycles. The summed E-state index contributed by atoms with van der Waals surface area (Å²) >= 11 is 3.50. The second-order valence-electron chi connectivity index (χ2n) is 9.86. The average Bonchev–Trinajstić information content (AvgIpc) is 3.28. The van der Waals surface area contributed by atoms with Crippen molar-refractivity contribution in [1.82, 2.24) is 0 Å². The SMILES string of the molecule is COC(=O)[C@@]1(C#N)[C@@H](c2ccc(N(C)C)cc2)[C@@H](C(=O)c2ccc(OC)c(Br)c2)N2c3ccccc3C=C[C@@H]21. The Morgan fingerprint density at radius 2 is 1.77 bits per heavy atom. The summed E-state index contributed by atoms with van der Waals surface area (Å²) in [4.78, 5) is 32.1. The van der Waals surface area contributed by atoms with Crippen LogP contribution in [0, 0.1) is 16.7 Å². The molecular weight excluding hydrogens is 558 g/mol. The molecule has 39 heavy (non-hydrogen) atoms. The van der Waals surface area contributed by atoms with Crippen molar-refractivity contribution >= 4 is 45.1 Å². The third-order valence-electron chi connectivity index (χ3n) is 7.73. The number of carbonyl (C=O) groups is 2. The van der Waals surface area contributed by atoms with Gasteiger partial charge in [0.15, 0.2) is 11.2 Å². The number of ketones is 1. The summed E-state index contributed by atoms with van der Waals surface area (Å²) in [7, 11) is 6.72. The van der Waals surface area contributed by atoms with Gasteiger partial charge in [-0.25, -0.2) is 0 Å². The van der Waals surface area contributed by atoms with E-state index in [0.29, 0.717) is 21.3 Å². The lowest BCUT2D eigenvalue weighted by Gasteiger charge is -2.36. The first kappa shape index (κ1) is 26.5. The van der Waals surface area contributed by atoms with E-state index in [-0.39, 0.29) is 5.78 Å². The molecule has 3 aromatic carbocycles. The van der Waals surface area contributed by atoms with E-state index < -0.39 is 29.4 Å². The number of anilines is 2. The number of nitrogens with zero attached hydrogens (tertiary/aromatic N) is 3. The summed E-state index contributed by atoms with van der Waals surface area (Å²) in [6.45, 7) is 0. The molecule has 0 bridgehead atoms. The van der Waals surface area contributed by atoms with E-state index in [0.717, 1.165) is 16.9 Å². The van der Waals surface area contributed by atoms with Crippen LogP contribution >= 0.6 is 15.9 Å². The zero-order chi connectivity index (χ0) is 27.9. The lowest BCUT2D eigenvalue weighted by molar-refractivity contribution is -0.150. The summed E-state index contributed by atoms with van der Waals surface area (Å²) in [6, 6.07) is 21.3. The Morgan fingerprint density at radius 3 is 2.38 bits per heavy atom. The van der Waals surface area contributed by atoms with E-state index in [1.807, 2.05) is 84.6 Å². The first-order valence-electron chi connectivity index (χ1n) is 12.5. The minimum Gasteiger partial charge on any atom is -0.496 e. The molecule has 8 heteroatoms. The molecule has 0 unspecified atom stereocenters. The second-order valence-corrected chi connectivity index (χ2v) is 10.7. The Morgan fingerprint density at radius 1 is 1.05 bits per heavy atom. The van der Waals surface area contributed by atoms with Crippen molar-refractivity contribution in [1.29, 1.82) is 5.26 Å². The molecule has 0 aliphatic carbocycles. The molecule has 2 heterocycles. The average molecular weight is 586 g/mol. The van der Waals surface area contributed by atoms with Gasteiger partial charge in [0.25, 0.3) is 0 Å². The third-order valence-corrected chi connectivity index (χ3v) is 8.35. The zero-order valence-corrected chi connectivity index (χ0v) is 23.7. The number of nitriles is 1. The van der Waals surface area contributed by atoms with Crippen LogP contribution in [0.25, 0.3) is 6.08 Å². The highest BCUT2D eigenvalue weighted by atomic mass is 79.9. The van der Waals surface area contributed by atoms with Gasteiger partial charge in [0.05, 0.1) is 30.8 Å². The van der Waals surface area contributed by atoms with Gasteiger partial charge in [0.1, 0.15) is 11.8 Å². The van der Waals surface area contributed by atoms with E-state index in [2.05, 4.69) is 22.0 Å². The van der Waals surface area contributed by atoms with Gasteiger partial charge in [0.2, 0.25) is 0 Å². The maximum absolute atomic E-state index is 14.5. The number of esters is 1. The highest BCUT2D eigenvalue weighted by molar-refractivity contribution is 9.10. The minimum absolute atomic E-state index is 0.212. The standard InChI is InChI=1S/C31H28BrN3O4/c1-34(2)22-13-9-20(10-14-22)27-28(29(36)21-11-15-25(38-3)23(32)17-21)35-24-8-6-5-7-19(24)12-16-26(35)31(27,18-33)30(37)39-4/h5-17,26-28H,1-4H3/t26-,27+,28+,31-/m1/s1. The lowest BCUT2D eigenvalue weighted by Crippen LogP contribution is -2.46. The number of para-hydroxylation sites is 1. The molecule has 2 aliphatic rings. The number of rotatable bonds is 6. The highest BCUT2D eigenvalue weighted by Crippen LogP contribution is 2.56. The number of fused-ring (bicyclic) bond motifs is 3. The number of Topliss-reactive ketones (excluding diaryl/α,β-unsaturated/α-hetero) is 1. The highest BCUT2D eigenvalue weighted by Gasteiger charge is 2.67. The van der Waals surface area contributed by atoms with E-state index in [1.165, 1.54) is 7.11 Å². The van der Waals surface area contributed by atoms with Gasteiger partial charge in [-0.3, -0.25) is 9.59 Å². The van der Waals surface area contributed by atoms with E-state index in [1.54, 1.807) is 25.3 Å². The molecule has 5 rings (SSSR count). The summed E-state index contributed by atoms with van der Waals surface area (Å²) in [6.07, 6.45) is 3.76. The summed E-state index contributed by atoms with van der Waals surface area (Å²) < 4.78 is 11.3. The Labute approximate surface area is 236 Å². The molecule has 4 atom stereocenters. The number of methoxy groups -OCH3 is 2. The van der Waals surface area contributed by atoms with Gasteiger partial charge in [-0.2, -0.15) is 5.26 Å². The van der Waals surface area contributed by atoms with E-state index >= 15 is 0 Å². The van der Waals surface area contributed by atoms with Crippen LogP contribution in [0.15, 0.2) is 77.3 Å². The first-order valence-corrected chi connectivity index (χ1v) is 13.3. The van der Waals surface area contributed by atoms with Crippen molar-refractivity contribution in [2.75, 3.05) is 38.1 Å². The number of carbonyl (C=O) groups excluding carboxylic acids is 2. The second kappa shape index (κ2) is 10.2. The van der Waals surface area contributed by atoms with Crippen molar-refractivity contribution in [2.45, 2.75) is 18.0 Å². The van der Waals surface area contributed by atoms with Crippen LogP contribution in [0.4, 0.5) is 11.4 Å². The monoisotopic (exact) mass is 585 g/mol. The van der Waals surface area contributed by atoms with Gasteiger partial charge in [-0.1, -0.05) is 42.5 Å². The largest absolute Gasteiger partial charge is 0.496 e. The summed E-state index contributed by atoms with van der Waals surface area (Å²) in [5.74, 6) is -1.10. The van der Waals surface area contributed by atoms with Gasteiger partial charge < -0.3 is 19.3 Å². The van der Waals surface area contributed by atoms with E-state index in [4.69, 9.17) is 9.47 Å². The number of hydrogen-bond donors (Lipinski definition) is 0. The van der Waals surface area contributed by atoms with Crippen LogP contribution in [0.5, 0.6) is 5.75 Å². The molecular formula is C31H28BrN3O4. The summed E-state index contributed by atoms with van der Waals surface area (Å²) in [5.41, 5.74) is 2.12. The molecule has 2 aliphatic heterocycles. The fourth-order valence-corrected chi connectivity index (χ4v) is 6.42. The maximum Gasteiger partial charge on any atom is 0.329 e. The molecule has 198 valence electrons. The predicted molar refractivity (Wildman–Crippen MR) is 154 cm³/mol. The Hall–Kier alpha value is -4.09. The molecule has 3 aromatic rings. The fraction of sp³-hybridized carbons (Fsp3) is 0.258. The lowest BCUT2D eigenvalue weighted by atomic mass is 9.68. The van der Waals surface area contributed by atoms with Crippen LogP contribution in [0.3, 0.4) is 0 Å². The zero-order valence-electron chi connectivity index (χ0n) is 22.1. The Balaban J connectivity index is 1.78.